The summed E-state index contributed by atoms with van der Waals surface area (Å²) in [6, 6.07) is 10.1. The Bertz CT molecular complexity index is 407. The minimum Gasteiger partial charge on any atom is -0.134 e. The van der Waals surface area contributed by atoms with Crippen LogP contribution in [0.3, 0.4) is 0 Å². The van der Waals surface area contributed by atoms with Gasteiger partial charge in [0.05, 0.1) is 0 Å². The molecule has 0 spiro atoms. The first-order valence-corrected chi connectivity index (χ1v) is 6.09. The highest BCUT2D eigenvalue weighted by molar-refractivity contribution is 9.13. The van der Waals surface area contributed by atoms with Gasteiger partial charge in [-0.05, 0) is 50.1 Å². The average molecular weight is 317 g/mol. The van der Waals surface area contributed by atoms with Crippen molar-refractivity contribution in [2.24, 2.45) is 0 Å². The molecule has 1 radical (unpaired) electrons. The molecule has 0 saturated heterocycles. The van der Waals surface area contributed by atoms with Crippen molar-refractivity contribution in [2.75, 3.05) is 0 Å². The highest BCUT2D eigenvalue weighted by Gasteiger charge is 2.05. The quantitative estimate of drug-likeness (QED) is 0.713. The fourth-order valence-electron chi connectivity index (χ4n) is 1.08. The Morgan fingerprint density at radius 3 is 2.69 bits per heavy atom. The van der Waals surface area contributed by atoms with Crippen LogP contribution in [0.2, 0.25) is 0 Å². The number of benzene rings is 1. The Morgan fingerprint density at radius 1 is 1.15 bits per heavy atom. The van der Waals surface area contributed by atoms with E-state index in [0.29, 0.717) is 0 Å². The standard InChI is InChI=1S/C10H5Br2S/c11-8-4-1-3-7(10(8)12)9-5-2-6-13-9/h1-5H. The summed E-state index contributed by atoms with van der Waals surface area (Å²) < 4.78 is 2.18. The predicted octanol–water partition coefficient (Wildman–Crippen LogP) is 4.74. The fraction of sp³-hybridized carbons (Fsp3) is 0. The van der Waals surface area contributed by atoms with Crippen molar-refractivity contribution < 1.29 is 0 Å². The molecule has 1 aromatic carbocycles. The van der Waals surface area contributed by atoms with Crippen molar-refractivity contribution in [1.82, 2.24) is 0 Å². The molecular formula is C10H5Br2S. The second kappa shape index (κ2) is 3.95. The van der Waals surface area contributed by atoms with Crippen molar-refractivity contribution in [1.29, 1.82) is 0 Å². The molecule has 0 unspecified atom stereocenters. The maximum atomic E-state index is 3.55. The van der Waals surface area contributed by atoms with Gasteiger partial charge >= 0.3 is 0 Å². The first kappa shape index (κ1) is 9.44. The zero-order valence-corrected chi connectivity index (χ0v) is 10.5. The van der Waals surface area contributed by atoms with Crippen LogP contribution in [0.4, 0.5) is 0 Å². The van der Waals surface area contributed by atoms with Gasteiger partial charge in [0.2, 0.25) is 0 Å². The Labute approximate surface area is 97.9 Å². The molecule has 0 saturated carbocycles. The summed E-state index contributed by atoms with van der Waals surface area (Å²) >= 11 is 8.65. The van der Waals surface area contributed by atoms with E-state index < -0.39 is 0 Å². The van der Waals surface area contributed by atoms with Gasteiger partial charge < -0.3 is 0 Å². The summed E-state index contributed by atoms with van der Waals surface area (Å²) in [5.41, 5.74) is 1.21. The topological polar surface area (TPSA) is 0 Å². The van der Waals surface area contributed by atoms with E-state index in [1.807, 2.05) is 18.2 Å². The number of thiophene rings is 1. The molecule has 0 aliphatic rings. The van der Waals surface area contributed by atoms with Gasteiger partial charge in [-0.25, -0.2) is 0 Å². The lowest BCUT2D eigenvalue weighted by Crippen LogP contribution is -1.76. The smallest absolute Gasteiger partial charge is 0.0449 e. The fourth-order valence-corrected chi connectivity index (χ4v) is 2.73. The summed E-state index contributed by atoms with van der Waals surface area (Å²) in [6.45, 7) is 0. The predicted molar refractivity (Wildman–Crippen MR) is 64.0 cm³/mol. The van der Waals surface area contributed by atoms with Crippen molar-refractivity contribution in [3.8, 4) is 10.4 Å². The molecule has 2 aromatic rings. The summed E-state index contributed by atoms with van der Waals surface area (Å²) in [5, 5.41) is 3.08. The van der Waals surface area contributed by atoms with E-state index in [2.05, 4.69) is 49.4 Å². The van der Waals surface area contributed by atoms with Crippen molar-refractivity contribution in [3.63, 3.8) is 0 Å². The average Bonchev–Trinajstić information content (AvgIpc) is 2.62. The number of rotatable bonds is 1. The zero-order chi connectivity index (χ0) is 9.26. The van der Waals surface area contributed by atoms with Crippen LogP contribution in [-0.4, -0.2) is 0 Å². The van der Waals surface area contributed by atoms with Gasteiger partial charge in [0.1, 0.15) is 0 Å². The molecule has 0 nitrogen and oxygen atoms in total. The normalized spacial score (nSPS) is 10.3. The Balaban J connectivity index is 2.59. The van der Waals surface area contributed by atoms with Crippen LogP contribution in [0.1, 0.15) is 0 Å². The van der Waals surface area contributed by atoms with E-state index in [1.54, 1.807) is 11.3 Å². The summed E-state index contributed by atoms with van der Waals surface area (Å²) in [6.07, 6.45) is 0. The lowest BCUT2D eigenvalue weighted by Gasteiger charge is -2.02. The second-order valence-corrected chi connectivity index (χ2v) is 5.05. The lowest BCUT2D eigenvalue weighted by atomic mass is 10.2. The van der Waals surface area contributed by atoms with Crippen LogP contribution in [0.25, 0.3) is 10.4 Å². The van der Waals surface area contributed by atoms with E-state index in [9.17, 15) is 0 Å². The maximum absolute atomic E-state index is 3.55. The maximum Gasteiger partial charge on any atom is 0.0449 e. The van der Waals surface area contributed by atoms with Gasteiger partial charge in [-0.3, -0.25) is 0 Å². The Hall–Kier alpha value is -0.120. The van der Waals surface area contributed by atoms with Crippen LogP contribution in [0, 0.1) is 5.38 Å². The molecule has 0 amide bonds. The molecule has 0 fully saturated rings. The first-order valence-electron chi connectivity index (χ1n) is 3.69. The molecule has 3 heteroatoms. The third kappa shape index (κ3) is 1.87. The van der Waals surface area contributed by atoms with E-state index >= 15 is 0 Å². The van der Waals surface area contributed by atoms with Crippen LogP contribution in [0.5, 0.6) is 0 Å². The molecule has 1 aromatic heterocycles. The molecule has 0 atom stereocenters. The van der Waals surface area contributed by atoms with Crippen molar-refractivity contribution in [2.45, 2.75) is 0 Å². The molecule has 2 rings (SSSR count). The SMILES string of the molecule is Brc1cccc(-c2cc[c]s2)c1Br. The highest BCUT2D eigenvalue weighted by atomic mass is 79.9. The van der Waals surface area contributed by atoms with Gasteiger partial charge in [0.15, 0.2) is 0 Å². The molecule has 65 valence electrons. The zero-order valence-electron chi connectivity index (χ0n) is 6.55. The Morgan fingerprint density at radius 2 is 2.00 bits per heavy atom. The van der Waals surface area contributed by atoms with E-state index in [0.717, 1.165) is 8.95 Å². The monoisotopic (exact) mass is 315 g/mol. The lowest BCUT2D eigenvalue weighted by molar-refractivity contribution is 1.59. The number of hydrogen-bond donors (Lipinski definition) is 0. The van der Waals surface area contributed by atoms with Crippen LogP contribution in [0.15, 0.2) is 39.3 Å². The van der Waals surface area contributed by atoms with Gasteiger partial charge in [-0.15, -0.1) is 11.3 Å². The second-order valence-electron chi connectivity index (χ2n) is 2.52. The van der Waals surface area contributed by atoms with Crippen LogP contribution in [-0.2, 0) is 0 Å². The first-order chi connectivity index (χ1) is 6.29. The molecule has 0 aliphatic carbocycles. The van der Waals surface area contributed by atoms with Gasteiger partial charge in [0.25, 0.3) is 0 Å². The van der Waals surface area contributed by atoms with Crippen LogP contribution < -0.4 is 0 Å². The summed E-state index contributed by atoms with van der Waals surface area (Å²) in [7, 11) is 0. The number of halogens is 2. The molecule has 0 aliphatic heterocycles. The third-order valence-electron chi connectivity index (χ3n) is 1.69. The van der Waals surface area contributed by atoms with Crippen molar-refractivity contribution in [3.05, 3.63) is 44.7 Å². The minimum atomic E-state index is 1.08. The van der Waals surface area contributed by atoms with E-state index in [4.69, 9.17) is 0 Å². The number of hydrogen-bond acceptors (Lipinski definition) is 1. The molecule has 0 bridgehead atoms. The molecule has 0 N–H and O–H groups in total. The van der Waals surface area contributed by atoms with Gasteiger partial charge in [-0.1, -0.05) is 12.1 Å². The van der Waals surface area contributed by atoms with E-state index in [1.165, 1.54) is 10.4 Å². The van der Waals surface area contributed by atoms with Gasteiger partial charge in [-0.2, -0.15) is 0 Å². The molecule has 1 heterocycles. The molecular weight excluding hydrogens is 312 g/mol. The third-order valence-corrected chi connectivity index (χ3v) is 4.57. The molecule has 13 heavy (non-hydrogen) atoms. The van der Waals surface area contributed by atoms with E-state index in [-0.39, 0.29) is 0 Å². The summed E-state index contributed by atoms with van der Waals surface area (Å²) in [5.74, 6) is 0. The minimum absolute atomic E-state index is 1.08. The highest BCUT2D eigenvalue weighted by Crippen LogP contribution is 2.35. The summed E-state index contributed by atoms with van der Waals surface area (Å²) in [4.78, 5) is 1.23. The largest absolute Gasteiger partial charge is 0.134 e. The van der Waals surface area contributed by atoms with Gasteiger partial charge in [0, 0.05) is 24.8 Å². The Kier molecular flexibility index (Phi) is 2.86. The van der Waals surface area contributed by atoms with Crippen LogP contribution >= 0.6 is 43.2 Å². The van der Waals surface area contributed by atoms with Crippen molar-refractivity contribution >= 4 is 43.2 Å².